The molecule has 2 rings (SSSR count). The van der Waals surface area contributed by atoms with E-state index < -0.39 is 24.0 Å². The summed E-state index contributed by atoms with van der Waals surface area (Å²) in [4.78, 5) is 0. The minimum absolute atomic E-state index is 0.138. The van der Waals surface area contributed by atoms with Gasteiger partial charge in [0, 0.05) is 22.5 Å². The van der Waals surface area contributed by atoms with Crippen molar-refractivity contribution in [1.29, 1.82) is 0 Å². The number of nitrogen functional groups attached to an aromatic ring is 2. The molecule has 116 valence electrons. The zero-order chi connectivity index (χ0) is 16.3. The molecule has 2 aromatic carbocycles. The first-order chi connectivity index (χ1) is 10.4. The van der Waals surface area contributed by atoms with E-state index in [1.807, 2.05) is 0 Å². The Morgan fingerprint density at radius 1 is 0.682 bits per heavy atom. The molecule has 0 saturated heterocycles. The molecule has 0 unspecified atom stereocenters. The second-order valence-corrected chi connectivity index (χ2v) is 4.44. The molecule has 0 aromatic heterocycles. The second-order valence-electron chi connectivity index (χ2n) is 4.44. The van der Waals surface area contributed by atoms with E-state index >= 15 is 0 Å². The van der Waals surface area contributed by atoms with Gasteiger partial charge in [0.15, 0.2) is 0 Å². The molecule has 4 nitrogen and oxygen atoms in total. The summed E-state index contributed by atoms with van der Waals surface area (Å²) in [5, 5.41) is 7.25. The van der Waals surface area contributed by atoms with Gasteiger partial charge in [-0.1, -0.05) is 0 Å². The highest BCUT2D eigenvalue weighted by Gasteiger charge is 2.15. The maximum absolute atomic E-state index is 12.9. The molecule has 0 amide bonds. The number of azo groups is 1. The van der Waals surface area contributed by atoms with Crippen molar-refractivity contribution in [3.8, 4) is 0 Å². The molecule has 4 N–H and O–H groups in total. The van der Waals surface area contributed by atoms with Gasteiger partial charge >= 0.3 is 0 Å². The summed E-state index contributed by atoms with van der Waals surface area (Å²) in [5.74, 6) is 0. The molecule has 0 fully saturated rings. The molecule has 0 bridgehead atoms. The molecule has 0 aliphatic heterocycles. The van der Waals surface area contributed by atoms with Gasteiger partial charge in [0.1, 0.15) is 0 Å². The van der Waals surface area contributed by atoms with Gasteiger partial charge in [-0.25, -0.2) is 17.6 Å². The molecule has 0 saturated carbocycles. The van der Waals surface area contributed by atoms with E-state index in [0.29, 0.717) is 0 Å². The number of anilines is 2. The molecule has 2 aromatic rings. The molecule has 0 aliphatic carbocycles. The molecular weight excluding hydrogens is 300 g/mol. The zero-order valence-electron chi connectivity index (χ0n) is 11.2. The van der Waals surface area contributed by atoms with E-state index in [0.717, 1.165) is 12.1 Å². The van der Waals surface area contributed by atoms with E-state index in [-0.39, 0.29) is 22.7 Å². The molecule has 0 radical (unpaired) electrons. The summed E-state index contributed by atoms with van der Waals surface area (Å²) in [5.41, 5.74) is 10.1. The highest BCUT2D eigenvalue weighted by Crippen LogP contribution is 2.35. The monoisotopic (exact) mass is 312 g/mol. The summed E-state index contributed by atoms with van der Waals surface area (Å²) in [7, 11) is 0. The Morgan fingerprint density at radius 2 is 1.05 bits per heavy atom. The minimum atomic E-state index is -2.81. The third kappa shape index (κ3) is 3.51. The van der Waals surface area contributed by atoms with E-state index in [2.05, 4.69) is 10.2 Å². The number of hydrogen-bond acceptors (Lipinski definition) is 4. The SMILES string of the molecule is Nc1ccc(N=Nc2ccc(N)cc2C(F)F)c(C(F)F)c1. The number of rotatable bonds is 4. The van der Waals surface area contributed by atoms with Gasteiger partial charge in [0.2, 0.25) is 0 Å². The van der Waals surface area contributed by atoms with Crippen LogP contribution in [0.25, 0.3) is 0 Å². The summed E-state index contributed by atoms with van der Waals surface area (Å²) < 4.78 is 51.6. The molecule has 22 heavy (non-hydrogen) atoms. The van der Waals surface area contributed by atoms with Crippen molar-refractivity contribution < 1.29 is 17.6 Å². The average Bonchev–Trinajstić information content (AvgIpc) is 2.46. The van der Waals surface area contributed by atoms with Gasteiger partial charge in [-0.15, -0.1) is 0 Å². The smallest absolute Gasteiger partial charge is 0.266 e. The van der Waals surface area contributed by atoms with Crippen molar-refractivity contribution in [2.75, 3.05) is 11.5 Å². The maximum Gasteiger partial charge on any atom is 0.266 e. The Balaban J connectivity index is 2.41. The lowest BCUT2D eigenvalue weighted by molar-refractivity contribution is 0.151. The number of nitrogens with two attached hydrogens (primary N) is 2. The van der Waals surface area contributed by atoms with Crippen LogP contribution in [-0.4, -0.2) is 0 Å². The van der Waals surface area contributed by atoms with Gasteiger partial charge < -0.3 is 11.5 Å². The Labute approximate surface area is 123 Å². The number of hydrogen-bond donors (Lipinski definition) is 2. The third-order valence-electron chi connectivity index (χ3n) is 2.84. The number of alkyl halides is 4. The van der Waals surface area contributed by atoms with Gasteiger partial charge in [-0.05, 0) is 36.4 Å². The van der Waals surface area contributed by atoms with Gasteiger partial charge in [0.25, 0.3) is 12.9 Å². The molecule has 0 spiro atoms. The number of nitrogens with zero attached hydrogens (tertiary/aromatic N) is 2. The first kappa shape index (κ1) is 15.7. The predicted molar refractivity (Wildman–Crippen MR) is 75.8 cm³/mol. The standard InChI is InChI=1S/C14H12F4N4/c15-13(16)9-5-7(19)1-3-11(9)21-22-12-4-2-8(20)6-10(12)14(17)18/h1-6,13-14H,19-20H2. The van der Waals surface area contributed by atoms with Crippen LogP contribution in [0.2, 0.25) is 0 Å². The zero-order valence-corrected chi connectivity index (χ0v) is 11.2. The van der Waals surface area contributed by atoms with Crippen LogP contribution in [0, 0.1) is 0 Å². The summed E-state index contributed by atoms with van der Waals surface area (Å²) in [6.07, 6.45) is -5.61. The molecule has 0 heterocycles. The normalized spacial score (nSPS) is 11.7. The van der Waals surface area contributed by atoms with Crippen LogP contribution in [0.5, 0.6) is 0 Å². The predicted octanol–water partition coefficient (Wildman–Crippen LogP) is 5.14. The van der Waals surface area contributed by atoms with Crippen molar-refractivity contribution in [2.45, 2.75) is 12.9 Å². The summed E-state index contributed by atoms with van der Waals surface area (Å²) in [6, 6.07) is 7.37. The van der Waals surface area contributed by atoms with Crippen LogP contribution in [0.1, 0.15) is 24.0 Å². The van der Waals surface area contributed by atoms with E-state index in [1.54, 1.807) is 0 Å². The Hall–Kier alpha value is -2.64. The Kier molecular flexibility index (Phi) is 4.59. The maximum atomic E-state index is 12.9. The fraction of sp³-hybridized carbons (Fsp3) is 0.143. The van der Waals surface area contributed by atoms with Crippen LogP contribution in [0.4, 0.5) is 40.3 Å². The second kappa shape index (κ2) is 6.42. The van der Waals surface area contributed by atoms with Crippen LogP contribution >= 0.6 is 0 Å². The van der Waals surface area contributed by atoms with E-state index in [4.69, 9.17) is 11.5 Å². The largest absolute Gasteiger partial charge is 0.399 e. The Bertz CT molecular complexity index is 642. The fourth-order valence-corrected chi connectivity index (χ4v) is 1.79. The van der Waals surface area contributed by atoms with Gasteiger partial charge in [-0.3, -0.25) is 0 Å². The van der Waals surface area contributed by atoms with Crippen molar-refractivity contribution >= 4 is 22.7 Å². The number of halogens is 4. The van der Waals surface area contributed by atoms with Crippen LogP contribution in [-0.2, 0) is 0 Å². The van der Waals surface area contributed by atoms with Gasteiger partial charge in [0.05, 0.1) is 11.4 Å². The summed E-state index contributed by atoms with van der Waals surface area (Å²) in [6.45, 7) is 0. The van der Waals surface area contributed by atoms with Crippen molar-refractivity contribution in [2.24, 2.45) is 10.2 Å². The first-order valence-corrected chi connectivity index (χ1v) is 6.15. The van der Waals surface area contributed by atoms with E-state index in [9.17, 15) is 17.6 Å². The van der Waals surface area contributed by atoms with E-state index in [1.165, 1.54) is 24.3 Å². The molecule has 8 heteroatoms. The van der Waals surface area contributed by atoms with Crippen LogP contribution in [0.15, 0.2) is 46.6 Å². The quantitative estimate of drug-likeness (QED) is 0.466. The molecular formula is C14H12F4N4. The average molecular weight is 312 g/mol. The van der Waals surface area contributed by atoms with Crippen LogP contribution in [0.3, 0.4) is 0 Å². The minimum Gasteiger partial charge on any atom is -0.399 e. The van der Waals surface area contributed by atoms with Crippen molar-refractivity contribution in [1.82, 2.24) is 0 Å². The number of benzene rings is 2. The van der Waals surface area contributed by atoms with Gasteiger partial charge in [-0.2, -0.15) is 10.2 Å². The fourth-order valence-electron chi connectivity index (χ4n) is 1.79. The highest BCUT2D eigenvalue weighted by atomic mass is 19.3. The lowest BCUT2D eigenvalue weighted by Crippen LogP contribution is -1.91. The topological polar surface area (TPSA) is 76.8 Å². The lowest BCUT2D eigenvalue weighted by Gasteiger charge is -2.07. The third-order valence-corrected chi connectivity index (χ3v) is 2.84. The highest BCUT2D eigenvalue weighted by molar-refractivity contribution is 5.57. The van der Waals surface area contributed by atoms with Crippen molar-refractivity contribution in [3.05, 3.63) is 47.5 Å². The van der Waals surface area contributed by atoms with Crippen molar-refractivity contribution in [3.63, 3.8) is 0 Å². The summed E-state index contributed by atoms with van der Waals surface area (Å²) >= 11 is 0. The first-order valence-electron chi connectivity index (χ1n) is 6.15. The Morgan fingerprint density at radius 3 is 1.36 bits per heavy atom. The van der Waals surface area contributed by atoms with Crippen LogP contribution < -0.4 is 11.5 Å². The molecule has 0 aliphatic rings. The lowest BCUT2D eigenvalue weighted by atomic mass is 10.1. The molecule has 0 atom stereocenters.